The quantitative estimate of drug-likeness (QED) is 0.663. The Hall–Kier alpha value is -3.11. The van der Waals surface area contributed by atoms with E-state index < -0.39 is 6.17 Å². The zero-order chi connectivity index (χ0) is 19.8. The van der Waals surface area contributed by atoms with Crippen molar-refractivity contribution < 1.29 is 4.79 Å². The van der Waals surface area contributed by atoms with Crippen LogP contribution in [0.15, 0.2) is 77.8 Å². The second kappa shape index (κ2) is 7.37. The summed E-state index contributed by atoms with van der Waals surface area (Å²) in [5.41, 5.74) is 5.64. The lowest BCUT2D eigenvalue weighted by atomic mass is 10.0. The molecule has 0 bridgehead atoms. The summed E-state index contributed by atoms with van der Waals surface area (Å²) in [6.45, 7) is 0.789. The third-order valence-corrected chi connectivity index (χ3v) is 5.70. The smallest absolute Gasteiger partial charge is 0.269 e. The van der Waals surface area contributed by atoms with E-state index in [-0.39, 0.29) is 5.91 Å². The molecule has 144 valence electrons. The first-order valence-corrected chi connectivity index (χ1v) is 10.2. The first-order chi connectivity index (χ1) is 14.2. The molecule has 4 nitrogen and oxygen atoms in total. The molecule has 2 aliphatic rings. The second-order valence-corrected chi connectivity index (χ2v) is 7.76. The van der Waals surface area contributed by atoms with E-state index in [1.54, 1.807) is 6.07 Å². The average molecular weight is 402 g/mol. The normalized spacial score (nSPS) is 18.2. The maximum atomic E-state index is 13.3. The van der Waals surface area contributed by atoms with Gasteiger partial charge in [0.25, 0.3) is 5.91 Å². The van der Waals surface area contributed by atoms with Crippen LogP contribution in [-0.2, 0) is 11.2 Å². The highest BCUT2D eigenvalue weighted by molar-refractivity contribution is 6.32. The fourth-order valence-corrected chi connectivity index (χ4v) is 4.30. The summed E-state index contributed by atoms with van der Waals surface area (Å²) in [6.07, 6.45) is 1.37. The number of para-hydroxylation sites is 1. The van der Waals surface area contributed by atoms with Crippen LogP contribution in [-0.4, -0.2) is 24.3 Å². The van der Waals surface area contributed by atoms with Crippen LogP contribution in [0.5, 0.6) is 0 Å². The zero-order valence-corrected chi connectivity index (χ0v) is 16.6. The Kier molecular flexibility index (Phi) is 4.57. The number of carbonyl (C=O) groups is 1. The highest BCUT2D eigenvalue weighted by Crippen LogP contribution is 2.32. The number of hydrogen-bond donors (Lipinski definition) is 1. The van der Waals surface area contributed by atoms with Crippen LogP contribution in [0.2, 0.25) is 5.02 Å². The number of nitrogens with zero attached hydrogens (tertiary/aromatic N) is 2. The van der Waals surface area contributed by atoms with Gasteiger partial charge < -0.3 is 10.2 Å². The topological polar surface area (TPSA) is 44.7 Å². The number of benzene rings is 3. The van der Waals surface area contributed by atoms with E-state index in [1.165, 1.54) is 5.56 Å². The number of amides is 1. The number of aliphatic imine (C=N–C) groups is 1. The molecule has 1 atom stereocenters. The van der Waals surface area contributed by atoms with Crippen LogP contribution in [0, 0.1) is 0 Å². The minimum absolute atomic E-state index is 0.129. The molecule has 2 heterocycles. The van der Waals surface area contributed by atoms with Gasteiger partial charge in [-0.2, -0.15) is 0 Å². The summed E-state index contributed by atoms with van der Waals surface area (Å²) in [5, 5.41) is 3.69. The van der Waals surface area contributed by atoms with E-state index in [2.05, 4.69) is 22.3 Å². The fourth-order valence-electron chi connectivity index (χ4n) is 4.12. The van der Waals surface area contributed by atoms with Crippen molar-refractivity contribution >= 4 is 34.6 Å². The number of benzodiazepines with no additional fused rings is 1. The lowest BCUT2D eigenvalue weighted by Crippen LogP contribution is -2.45. The molecule has 1 unspecified atom stereocenters. The van der Waals surface area contributed by atoms with Crippen molar-refractivity contribution in [1.82, 2.24) is 0 Å². The van der Waals surface area contributed by atoms with Crippen LogP contribution in [0.3, 0.4) is 0 Å². The molecule has 3 aromatic carbocycles. The highest BCUT2D eigenvalue weighted by Gasteiger charge is 2.33. The van der Waals surface area contributed by atoms with Gasteiger partial charge in [-0.15, -0.1) is 0 Å². The summed E-state index contributed by atoms with van der Waals surface area (Å²) in [4.78, 5) is 20.4. The van der Waals surface area contributed by atoms with Crippen molar-refractivity contribution in [2.45, 2.75) is 19.0 Å². The number of halogens is 1. The van der Waals surface area contributed by atoms with E-state index in [0.717, 1.165) is 47.6 Å². The Bertz CT molecular complexity index is 1110. The first kappa shape index (κ1) is 18.0. The van der Waals surface area contributed by atoms with Gasteiger partial charge in [-0.05, 0) is 42.7 Å². The van der Waals surface area contributed by atoms with E-state index in [9.17, 15) is 4.79 Å². The van der Waals surface area contributed by atoms with E-state index in [1.807, 2.05) is 54.6 Å². The van der Waals surface area contributed by atoms with Gasteiger partial charge in [0, 0.05) is 28.4 Å². The molecule has 2 aliphatic heterocycles. The number of carbonyl (C=O) groups excluding carboxylic acids is 1. The SMILES string of the molecule is O=C1Nc2ccc(Cl)cc2C(c2ccccc2)=NC1N1CCCc2ccccc21. The summed E-state index contributed by atoms with van der Waals surface area (Å²) in [5.74, 6) is -0.129. The van der Waals surface area contributed by atoms with E-state index in [0.29, 0.717) is 5.02 Å². The van der Waals surface area contributed by atoms with Gasteiger partial charge in [-0.1, -0.05) is 60.1 Å². The van der Waals surface area contributed by atoms with Crippen molar-refractivity contribution in [2.24, 2.45) is 4.99 Å². The van der Waals surface area contributed by atoms with Gasteiger partial charge >= 0.3 is 0 Å². The highest BCUT2D eigenvalue weighted by atomic mass is 35.5. The fraction of sp³-hybridized carbons (Fsp3) is 0.167. The minimum atomic E-state index is -0.641. The third-order valence-electron chi connectivity index (χ3n) is 5.47. The van der Waals surface area contributed by atoms with Gasteiger partial charge in [-0.3, -0.25) is 4.79 Å². The molecular formula is C24H20ClN3O. The first-order valence-electron chi connectivity index (χ1n) is 9.79. The molecule has 0 radical (unpaired) electrons. The molecule has 5 heteroatoms. The third kappa shape index (κ3) is 3.30. The van der Waals surface area contributed by atoms with Crippen molar-refractivity contribution in [3.8, 4) is 0 Å². The lowest BCUT2D eigenvalue weighted by molar-refractivity contribution is -0.117. The number of rotatable bonds is 2. The molecule has 0 saturated carbocycles. The zero-order valence-electron chi connectivity index (χ0n) is 15.8. The minimum Gasteiger partial charge on any atom is -0.342 e. The van der Waals surface area contributed by atoms with Gasteiger partial charge in [0.1, 0.15) is 0 Å². The molecule has 3 aromatic rings. The van der Waals surface area contributed by atoms with Crippen LogP contribution >= 0.6 is 11.6 Å². The van der Waals surface area contributed by atoms with Crippen molar-refractivity contribution in [1.29, 1.82) is 0 Å². The van der Waals surface area contributed by atoms with Crippen LogP contribution < -0.4 is 10.2 Å². The monoisotopic (exact) mass is 401 g/mol. The average Bonchev–Trinajstić information content (AvgIpc) is 2.90. The van der Waals surface area contributed by atoms with Crippen LogP contribution in [0.25, 0.3) is 0 Å². The second-order valence-electron chi connectivity index (χ2n) is 7.32. The molecule has 1 N–H and O–H groups in total. The molecule has 0 aromatic heterocycles. The van der Waals surface area contributed by atoms with Gasteiger partial charge in [-0.25, -0.2) is 4.99 Å². The van der Waals surface area contributed by atoms with Crippen LogP contribution in [0.4, 0.5) is 11.4 Å². The number of fused-ring (bicyclic) bond motifs is 2. The van der Waals surface area contributed by atoms with E-state index in [4.69, 9.17) is 16.6 Å². The van der Waals surface area contributed by atoms with Gasteiger partial charge in [0.15, 0.2) is 0 Å². The van der Waals surface area contributed by atoms with Crippen LogP contribution in [0.1, 0.15) is 23.1 Å². The molecule has 0 fully saturated rings. The Morgan fingerprint density at radius 2 is 1.79 bits per heavy atom. The van der Waals surface area contributed by atoms with E-state index >= 15 is 0 Å². The molecule has 29 heavy (non-hydrogen) atoms. The Labute approximate surface area is 174 Å². The van der Waals surface area contributed by atoms with Crippen molar-refractivity contribution in [2.75, 3.05) is 16.8 Å². The summed E-state index contributed by atoms with van der Waals surface area (Å²) >= 11 is 6.29. The number of anilines is 2. The molecule has 1 amide bonds. The summed E-state index contributed by atoms with van der Waals surface area (Å²) in [7, 11) is 0. The summed E-state index contributed by atoms with van der Waals surface area (Å²) in [6, 6.07) is 23.7. The lowest BCUT2D eigenvalue weighted by Gasteiger charge is -2.34. The predicted molar refractivity (Wildman–Crippen MR) is 118 cm³/mol. The predicted octanol–water partition coefficient (Wildman–Crippen LogP) is 4.91. The molecule has 0 spiro atoms. The number of nitrogens with one attached hydrogen (secondary N) is 1. The Morgan fingerprint density at radius 3 is 2.66 bits per heavy atom. The largest absolute Gasteiger partial charge is 0.342 e. The number of aryl methyl sites for hydroxylation is 1. The van der Waals surface area contributed by atoms with Crippen molar-refractivity contribution in [3.63, 3.8) is 0 Å². The van der Waals surface area contributed by atoms with Gasteiger partial charge in [0.2, 0.25) is 6.17 Å². The van der Waals surface area contributed by atoms with Gasteiger partial charge in [0.05, 0.1) is 11.4 Å². The summed E-state index contributed by atoms with van der Waals surface area (Å²) < 4.78 is 0. The maximum Gasteiger partial charge on any atom is 0.269 e. The molecule has 0 saturated heterocycles. The van der Waals surface area contributed by atoms with Crippen molar-refractivity contribution in [3.05, 3.63) is 94.5 Å². The molecule has 5 rings (SSSR count). The number of hydrogen-bond acceptors (Lipinski definition) is 3. The Balaban J connectivity index is 1.68. The molecule has 0 aliphatic carbocycles. The molecular weight excluding hydrogens is 382 g/mol. The Morgan fingerprint density at radius 1 is 1.00 bits per heavy atom. The standard InChI is InChI=1S/C24H20ClN3O/c25-18-12-13-20-19(15-18)22(17-8-2-1-3-9-17)27-23(24(29)26-20)28-14-6-10-16-7-4-5-11-21(16)28/h1-5,7-9,11-13,15,23H,6,10,14H2,(H,26,29). The maximum absolute atomic E-state index is 13.3.